The Hall–Kier alpha value is -0.450. The summed E-state index contributed by atoms with van der Waals surface area (Å²) < 4.78 is 13.9. The van der Waals surface area contributed by atoms with Gasteiger partial charge in [0, 0.05) is 10.5 Å². The lowest BCUT2D eigenvalue weighted by Crippen LogP contribution is -2.28. The van der Waals surface area contributed by atoms with Crippen LogP contribution in [0.25, 0.3) is 0 Å². The summed E-state index contributed by atoms with van der Waals surface area (Å²) in [5.74, 6) is 5.40. The van der Waals surface area contributed by atoms with Crippen molar-refractivity contribution in [3.8, 4) is 0 Å². The van der Waals surface area contributed by atoms with Crippen molar-refractivity contribution in [1.29, 1.82) is 0 Å². The van der Waals surface area contributed by atoms with Gasteiger partial charge in [0.05, 0.1) is 0 Å². The highest BCUT2D eigenvalue weighted by molar-refractivity contribution is 9.10. The average molecular weight is 345 g/mol. The molecule has 0 aromatic heterocycles. The number of nitrogens with one attached hydrogen (secondary N) is 1. The molecule has 4 heteroatoms. The molecule has 1 atom stereocenters. The quantitative estimate of drug-likeness (QED) is 0.346. The lowest BCUT2D eigenvalue weighted by Gasteiger charge is -2.17. The highest BCUT2D eigenvalue weighted by Gasteiger charge is 2.13. The Bertz CT molecular complexity index is 385. The third-order valence-electron chi connectivity index (χ3n) is 3.64. The van der Waals surface area contributed by atoms with E-state index in [0.29, 0.717) is 0 Å². The zero-order valence-corrected chi connectivity index (χ0v) is 13.9. The van der Waals surface area contributed by atoms with E-state index < -0.39 is 0 Å². The van der Waals surface area contributed by atoms with Crippen LogP contribution in [0.1, 0.15) is 69.9 Å². The first-order valence-corrected chi connectivity index (χ1v) is 8.39. The van der Waals surface area contributed by atoms with Gasteiger partial charge >= 0.3 is 0 Å². The summed E-state index contributed by atoms with van der Waals surface area (Å²) in [7, 11) is 0. The standard InChI is InChI=1S/C16H26BrFN2/c1-2-3-4-5-6-7-8-9-16(20-19)14-11-10-13(18)12-15(14)17/h10-12,16,20H,2-9,19H2,1H3. The summed E-state index contributed by atoms with van der Waals surface area (Å²) in [6.07, 6.45) is 9.96. The molecule has 0 fully saturated rings. The van der Waals surface area contributed by atoms with Crippen LogP contribution < -0.4 is 11.3 Å². The number of hydrazine groups is 1. The fourth-order valence-electron chi connectivity index (χ4n) is 2.42. The third kappa shape index (κ3) is 6.33. The van der Waals surface area contributed by atoms with E-state index in [2.05, 4.69) is 28.3 Å². The molecule has 0 aliphatic carbocycles. The topological polar surface area (TPSA) is 38.0 Å². The maximum absolute atomic E-state index is 13.1. The van der Waals surface area contributed by atoms with E-state index in [-0.39, 0.29) is 11.9 Å². The molecule has 1 aromatic rings. The molecule has 0 aliphatic rings. The van der Waals surface area contributed by atoms with Gasteiger partial charge in [-0.3, -0.25) is 11.3 Å². The zero-order chi connectivity index (χ0) is 14.8. The van der Waals surface area contributed by atoms with Crippen molar-refractivity contribution in [3.05, 3.63) is 34.1 Å². The van der Waals surface area contributed by atoms with Crippen molar-refractivity contribution in [1.82, 2.24) is 5.43 Å². The van der Waals surface area contributed by atoms with Crippen LogP contribution in [0.3, 0.4) is 0 Å². The molecule has 2 nitrogen and oxygen atoms in total. The van der Waals surface area contributed by atoms with Gasteiger partial charge < -0.3 is 0 Å². The molecule has 0 bridgehead atoms. The van der Waals surface area contributed by atoms with Crippen LogP contribution in [-0.2, 0) is 0 Å². The van der Waals surface area contributed by atoms with Gasteiger partial charge in [-0.2, -0.15) is 0 Å². The largest absolute Gasteiger partial charge is 0.271 e. The SMILES string of the molecule is CCCCCCCCCC(NN)c1ccc(F)cc1Br. The fourth-order valence-corrected chi connectivity index (χ4v) is 3.05. The number of unbranched alkanes of at least 4 members (excludes halogenated alkanes) is 6. The van der Waals surface area contributed by atoms with E-state index >= 15 is 0 Å². The van der Waals surface area contributed by atoms with Crippen molar-refractivity contribution >= 4 is 15.9 Å². The summed E-state index contributed by atoms with van der Waals surface area (Å²) >= 11 is 3.40. The summed E-state index contributed by atoms with van der Waals surface area (Å²) in [6.45, 7) is 2.23. The van der Waals surface area contributed by atoms with E-state index in [1.165, 1.54) is 50.7 Å². The number of rotatable bonds is 10. The highest BCUT2D eigenvalue weighted by atomic mass is 79.9. The first kappa shape index (κ1) is 17.6. The van der Waals surface area contributed by atoms with Gasteiger partial charge in [0.15, 0.2) is 0 Å². The Morgan fingerprint density at radius 3 is 2.40 bits per heavy atom. The molecule has 20 heavy (non-hydrogen) atoms. The Morgan fingerprint density at radius 2 is 1.80 bits per heavy atom. The Kier molecular flexibility index (Phi) is 9.07. The second-order valence-corrected chi connectivity index (χ2v) is 6.15. The molecule has 0 spiro atoms. The van der Waals surface area contributed by atoms with E-state index in [9.17, 15) is 4.39 Å². The minimum atomic E-state index is -0.229. The minimum Gasteiger partial charge on any atom is -0.271 e. The van der Waals surface area contributed by atoms with Gasteiger partial charge in [-0.05, 0) is 24.1 Å². The molecule has 0 aliphatic heterocycles. The van der Waals surface area contributed by atoms with Crippen LogP contribution >= 0.6 is 15.9 Å². The number of benzene rings is 1. The van der Waals surface area contributed by atoms with Crippen LogP contribution in [-0.4, -0.2) is 0 Å². The number of nitrogens with two attached hydrogens (primary N) is 1. The average Bonchev–Trinajstić information content (AvgIpc) is 2.43. The van der Waals surface area contributed by atoms with Gasteiger partial charge in [0.25, 0.3) is 0 Å². The normalized spacial score (nSPS) is 12.6. The van der Waals surface area contributed by atoms with E-state index in [1.54, 1.807) is 6.07 Å². The van der Waals surface area contributed by atoms with Crippen LogP contribution in [0, 0.1) is 5.82 Å². The van der Waals surface area contributed by atoms with Gasteiger partial charge in [-0.1, -0.05) is 73.9 Å². The summed E-state index contributed by atoms with van der Waals surface area (Å²) in [4.78, 5) is 0. The van der Waals surface area contributed by atoms with Gasteiger partial charge in [0.1, 0.15) is 5.82 Å². The zero-order valence-electron chi connectivity index (χ0n) is 12.3. The molecule has 1 aromatic carbocycles. The van der Waals surface area contributed by atoms with E-state index in [4.69, 9.17) is 5.84 Å². The molecule has 1 unspecified atom stereocenters. The predicted octanol–water partition coefficient (Wildman–Crippen LogP) is 5.23. The van der Waals surface area contributed by atoms with Crippen molar-refractivity contribution in [2.45, 2.75) is 64.3 Å². The van der Waals surface area contributed by atoms with E-state index in [1.807, 2.05) is 0 Å². The lowest BCUT2D eigenvalue weighted by atomic mass is 10.00. The number of halogens is 2. The van der Waals surface area contributed by atoms with Gasteiger partial charge in [0.2, 0.25) is 0 Å². The van der Waals surface area contributed by atoms with Crippen LogP contribution in [0.15, 0.2) is 22.7 Å². The maximum Gasteiger partial charge on any atom is 0.124 e. The fraction of sp³-hybridized carbons (Fsp3) is 0.625. The van der Waals surface area contributed by atoms with Crippen molar-refractivity contribution in [2.75, 3.05) is 0 Å². The van der Waals surface area contributed by atoms with Crippen LogP contribution in [0.4, 0.5) is 4.39 Å². The summed E-state index contributed by atoms with van der Waals surface area (Å²) in [5, 5.41) is 0. The lowest BCUT2D eigenvalue weighted by molar-refractivity contribution is 0.473. The van der Waals surface area contributed by atoms with Gasteiger partial charge in [-0.15, -0.1) is 0 Å². The number of hydrogen-bond acceptors (Lipinski definition) is 2. The molecule has 3 N–H and O–H groups in total. The van der Waals surface area contributed by atoms with Crippen molar-refractivity contribution in [2.24, 2.45) is 5.84 Å². The van der Waals surface area contributed by atoms with Crippen molar-refractivity contribution in [3.63, 3.8) is 0 Å². The molecule has 0 heterocycles. The second kappa shape index (κ2) is 10.3. The minimum absolute atomic E-state index is 0.0839. The summed E-state index contributed by atoms with van der Waals surface area (Å²) in [5.41, 5.74) is 3.87. The molecule has 0 amide bonds. The number of hydrogen-bond donors (Lipinski definition) is 2. The highest BCUT2D eigenvalue weighted by Crippen LogP contribution is 2.27. The second-order valence-electron chi connectivity index (χ2n) is 5.30. The molecule has 0 radical (unpaired) electrons. The smallest absolute Gasteiger partial charge is 0.124 e. The third-order valence-corrected chi connectivity index (χ3v) is 4.32. The van der Waals surface area contributed by atoms with E-state index in [0.717, 1.165) is 22.9 Å². The van der Waals surface area contributed by atoms with Crippen LogP contribution in [0.5, 0.6) is 0 Å². The Morgan fingerprint density at radius 1 is 1.15 bits per heavy atom. The molecule has 0 saturated carbocycles. The molecule has 114 valence electrons. The first-order chi connectivity index (χ1) is 9.69. The van der Waals surface area contributed by atoms with Crippen molar-refractivity contribution < 1.29 is 4.39 Å². The first-order valence-electron chi connectivity index (χ1n) is 7.60. The Balaban J connectivity index is 2.32. The molecule has 0 saturated heterocycles. The molecule has 1 rings (SSSR count). The maximum atomic E-state index is 13.1. The Labute approximate surface area is 130 Å². The molecular weight excluding hydrogens is 319 g/mol. The predicted molar refractivity (Wildman–Crippen MR) is 86.8 cm³/mol. The monoisotopic (exact) mass is 344 g/mol. The summed E-state index contributed by atoms with van der Waals surface area (Å²) in [6, 6.07) is 4.85. The van der Waals surface area contributed by atoms with Gasteiger partial charge in [-0.25, -0.2) is 4.39 Å². The van der Waals surface area contributed by atoms with Crippen LogP contribution in [0.2, 0.25) is 0 Å². The molecular formula is C16H26BrFN2.